The summed E-state index contributed by atoms with van der Waals surface area (Å²) >= 11 is 0. The van der Waals surface area contributed by atoms with Crippen LogP contribution in [-0.4, -0.2) is 55.3 Å². The van der Waals surface area contributed by atoms with E-state index in [2.05, 4.69) is 10.2 Å². The number of esters is 1. The first-order chi connectivity index (χ1) is 9.71. The van der Waals surface area contributed by atoms with Crippen LogP contribution >= 0.6 is 0 Å². The molecule has 0 spiro atoms. The van der Waals surface area contributed by atoms with Crippen molar-refractivity contribution in [3.05, 3.63) is 0 Å². The summed E-state index contributed by atoms with van der Waals surface area (Å²) in [6.45, 7) is 9.72. The second-order valence-electron chi connectivity index (χ2n) is 6.67. The Labute approximate surface area is 127 Å². The van der Waals surface area contributed by atoms with Crippen molar-refractivity contribution in [1.82, 2.24) is 10.2 Å². The molecule has 2 atom stereocenters. The number of hydrogen-bond acceptors (Lipinski definition) is 5. The third-order valence-electron chi connectivity index (χ3n) is 3.36. The van der Waals surface area contributed by atoms with Crippen LogP contribution in [-0.2, 0) is 14.3 Å². The zero-order chi connectivity index (χ0) is 16.0. The lowest BCUT2D eigenvalue weighted by molar-refractivity contribution is -0.145. The minimum absolute atomic E-state index is 0.0680. The summed E-state index contributed by atoms with van der Waals surface area (Å²) in [6, 6.07) is 0.0680. The highest BCUT2D eigenvalue weighted by Crippen LogP contribution is 2.14. The van der Waals surface area contributed by atoms with Gasteiger partial charge in [-0.2, -0.15) is 0 Å². The highest BCUT2D eigenvalue weighted by molar-refractivity contribution is 5.72. The Balaban J connectivity index is 2.42. The number of ether oxygens (including phenoxy) is 2. The lowest BCUT2D eigenvalue weighted by Crippen LogP contribution is -2.50. The Morgan fingerprint density at radius 2 is 2.05 bits per heavy atom. The van der Waals surface area contributed by atoms with E-state index >= 15 is 0 Å². The molecule has 0 aliphatic carbocycles. The Hall–Kier alpha value is -1.30. The molecule has 0 saturated carbocycles. The average molecular weight is 300 g/mol. The number of rotatable bonds is 4. The summed E-state index contributed by atoms with van der Waals surface area (Å²) < 4.78 is 10.0. The van der Waals surface area contributed by atoms with E-state index in [-0.39, 0.29) is 24.0 Å². The molecule has 6 heteroatoms. The molecule has 1 fully saturated rings. The van der Waals surface area contributed by atoms with Gasteiger partial charge in [0.15, 0.2) is 0 Å². The minimum atomic E-state index is -0.488. The Morgan fingerprint density at radius 3 is 2.62 bits per heavy atom. The van der Waals surface area contributed by atoms with Crippen LogP contribution in [0.5, 0.6) is 0 Å². The van der Waals surface area contributed by atoms with E-state index in [0.29, 0.717) is 6.54 Å². The molecule has 21 heavy (non-hydrogen) atoms. The number of methoxy groups -OCH3 is 1. The number of hydrogen-bond donors (Lipinski definition) is 1. The van der Waals surface area contributed by atoms with Gasteiger partial charge in [0, 0.05) is 19.1 Å². The van der Waals surface area contributed by atoms with Gasteiger partial charge in [-0.15, -0.1) is 0 Å². The molecule has 0 bridgehead atoms. The maximum absolute atomic E-state index is 11.8. The Bertz CT molecular complexity index is 365. The second kappa shape index (κ2) is 7.64. The summed E-state index contributed by atoms with van der Waals surface area (Å²) in [4.78, 5) is 25.4. The molecule has 1 rings (SSSR count). The predicted molar refractivity (Wildman–Crippen MR) is 80.0 cm³/mol. The number of nitrogens with zero attached hydrogens (tertiary/aromatic N) is 1. The predicted octanol–water partition coefficient (Wildman–Crippen LogP) is 1.78. The van der Waals surface area contributed by atoms with Crippen LogP contribution in [0.25, 0.3) is 0 Å². The number of nitrogens with one attached hydrogen (secondary N) is 1. The number of amides is 1. The van der Waals surface area contributed by atoms with Gasteiger partial charge in [-0.05, 0) is 40.2 Å². The summed E-state index contributed by atoms with van der Waals surface area (Å²) in [7, 11) is 1.40. The fraction of sp³-hybridized carbons (Fsp3) is 0.867. The van der Waals surface area contributed by atoms with Crippen LogP contribution < -0.4 is 5.32 Å². The molecule has 0 unspecified atom stereocenters. The highest BCUT2D eigenvalue weighted by atomic mass is 16.6. The van der Waals surface area contributed by atoms with Crippen LogP contribution in [0.4, 0.5) is 4.79 Å². The third kappa shape index (κ3) is 6.80. The van der Waals surface area contributed by atoms with E-state index in [1.165, 1.54) is 7.11 Å². The molecular weight excluding hydrogens is 272 g/mol. The van der Waals surface area contributed by atoms with Crippen LogP contribution in [0.2, 0.25) is 0 Å². The Morgan fingerprint density at radius 1 is 1.38 bits per heavy atom. The summed E-state index contributed by atoms with van der Waals surface area (Å²) in [5.41, 5.74) is -0.488. The first kappa shape index (κ1) is 17.8. The minimum Gasteiger partial charge on any atom is -0.469 e. The first-order valence-corrected chi connectivity index (χ1v) is 7.51. The summed E-state index contributed by atoms with van der Waals surface area (Å²) in [5.74, 6) is -0.354. The van der Waals surface area contributed by atoms with Gasteiger partial charge in [-0.1, -0.05) is 6.92 Å². The van der Waals surface area contributed by atoms with Crippen molar-refractivity contribution in [3.63, 3.8) is 0 Å². The molecule has 6 nitrogen and oxygen atoms in total. The standard InChI is InChI=1S/C15H28N2O4/c1-11(13(18)20-5)9-17-8-6-7-12(10-17)16-14(19)21-15(2,3)4/h11-12H,6-10H2,1-5H3,(H,16,19)/t11-,12+/m1/s1. The van der Waals surface area contributed by atoms with Gasteiger partial charge < -0.3 is 19.7 Å². The molecule has 0 radical (unpaired) electrons. The van der Waals surface area contributed by atoms with Crippen molar-refractivity contribution in [2.75, 3.05) is 26.7 Å². The van der Waals surface area contributed by atoms with Gasteiger partial charge >= 0.3 is 12.1 Å². The molecule has 1 amide bonds. The number of carbonyl (C=O) groups excluding carboxylic acids is 2. The smallest absolute Gasteiger partial charge is 0.407 e. The van der Waals surface area contributed by atoms with Crippen molar-refractivity contribution in [1.29, 1.82) is 0 Å². The summed E-state index contributed by atoms with van der Waals surface area (Å²) in [5, 5.41) is 2.90. The van der Waals surface area contributed by atoms with Gasteiger partial charge in [-0.3, -0.25) is 4.79 Å². The number of alkyl carbamates (subject to hydrolysis) is 1. The van der Waals surface area contributed by atoms with E-state index in [1.807, 2.05) is 27.7 Å². The molecule has 0 aromatic carbocycles. The quantitative estimate of drug-likeness (QED) is 0.802. The molecule has 0 aromatic heterocycles. The fourth-order valence-electron chi connectivity index (χ4n) is 2.48. The van der Waals surface area contributed by atoms with E-state index in [1.54, 1.807) is 0 Å². The molecule has 1 N–H and O–H groups in total. The molecule has 1 aliphatic rings. The second-order valence-corrected chi connectivity index (χ2v) is 6.67. The largest absolute Gasteiger partial charge is 0.469 e. The van der Waals surface area contributed by atoms with Crippen molar-refractivity contribution in [2.45, 2.75) is 52.2 Å². The molecule has 0 aromatic rings. The molecule has 122 valence electrons. The first-order valence-electron chi connectivity index (χ1n) is 7.51. The van der Waals surface area contributed by atoms with E-state index in [4.69, 9.17) is 9.47 Å². The molecule has 1 aliphatic heterocycles. The van der Waals surface area contributed by atoms with Crippen LogP contribution in [0.3, 0.4) is 0 Å². The van der Waals surface area contributed by atoms with Gasteiger partial charge in [0.05, 0.1) is 13.0 Å². The van der Waals surface area contributed by atoms with E-state index < -0.39 is 5.60 Å². The molecule has 1 heterocycles. The van der Waals surface area contributed by atoms with Gasteiger partial charge in [-0.25, -0.2) is 4.79 Å². The van der Waals surface area contributed by atoms with Crippen molar-refractivity contribution in [2.24, 2.45) is 5.92 Å². The van der Waals surface area contributed by atoms with Crippen LogP contribution in [0.15, 0.2) is 0 Å². The van der Waals surface area contributed by atoms with Gasteiger partial charge in [0.1, 0.15) is 5.60 Å². The lowest BCUT2D eigenvalue weighted by atomic mass is 10.0. The maximum Gasteiger partial charge on any atom is 0.407 e. The molecular formula is C15H28N2O4. The topological polar surface area (TPSA) is 67.9 Å². The highest BCUT2D eigenvalue weighted by Gasteiger charge is 2.26. The van der Waals surface area contributed by atoms with Crippen LogP contribution in [0, 0.1) is 5.92 Å². The SMILES string of the molecule is COC(=O)[C@H](C)CN1CCC[C@H](NC(=O)OC(C)(C)C)C1. The van der Waals surface area contributed by atoms with Gasteiger partial charge in [0.2, 0.25) is 0 Å². The maximum atomic E-state index is 11.8. The van der Waals surface area contributed by atoms with E-state index in [9.17, 15) is 9.59 Å². The van der Waals surface area contributed by atoms with Crippen molar-refractivity contribution >= 4 is 12.1 Å². The summed E-state index contributed by atoms with van der Waals surface area (Å²) in [6.07, 6.45) is 1.55. The monoisotopic (exact) mass is 300 g/mol. The average Bonchev–Trinajstić information content (AvgIpc) is 2.35. The zero-order valence-corrected chi connectivity index (χ0v) is 13.8. The van der Waals surface area contributed by atoms with Crippen molar-refractivity contribution in [3.8, 4) is 0 Å². The van der Waals surface area contributed by atoms with E-state index in [0.717, 1.165) is 25.9 Å². The van der Waals surface area contributed by atoms with Crippen molar-refractivity contribution < 1.29 is 19.1 Å². The zero-order valence-electron chi connectivity index (χ0n) is 13.8. The molecule has 1 saturated heterocycles. The van der Waals surface area contributed by atoms with Crippen LogP contribution in [0.1, 0.15) is 40.5 Å². The number of carbonyl (C=O) groups is 2. The third-order valence-corrected chi connectivity index (χ3v) is 3.36. The van der Waals surface area contributed by atoms with Gasteiger partial charge in [0.25, 0.3) is 0 Å². The normalized spacial score (nSPS) is 21.5. The number of piperidine rings is 1. The number of likely N-dealkylation sites (tertiary alicyclic amines) is 1. The fourth-order valence-corrected chi connectivity index (χ4v) is 2.48. The lowest BCUT2D eigenvalue weighted by Gasteiger charge is -2.34. The Kier molecular flexibility index (Phi) is 6.45.